The highest BCUT2D eigenvalue weighted by Crippen LogP contribution is 2.40. The molecule has 12 heteroatoms. The molecule has 0 fully saturated rings. The summed E-state index contributed by atoms with van der Waals surface area (Å²) >= 11 is 0. The van der Waals surface area contributed by atoms with E-state index in [2.05, 4.69) is 33.8 Å². The molecule has 0 saturated carbocycles. The lowest BCUT2D eigenvalue weighted by molar-refractivity contribution is -0.142. The van der Waals surface area contributed by atoms with Crippen LogP contribution in [-0.4, -0.2) is 47.3 Å². The predicted octanol–water partition coefficient (Wildman–Crippen LogP) is 4.43. The molecule has 0 radical (unpaired) electrons. The average Bonchev–Trinajstić information content (AvgIpc) is 3.60. The fraction of sp³-hybridized carbons (Fsp3) is 0.353. The molecule has 5 heterocycles. The zero-order valence-corrected chi connectivity index (χ0v) is 26.8. The Bertz CT molecular complexity index is 2140. The van der Waals surface area contributed by atoms with Gasteiger partial charge in [-0.25, -0.2) is 9.97 Å². The highest BCUT2D eigenvalue weighted by Gasteiger charge is 2.37. The molecule has 1 amide bonds. The number of hydrogen-bond acceptors (Lipinski definition) is 8. The lowest BCUT2D eigenvalue weighted by Gasteiger charge is -2.31. The standard InChI is InChI=1S/C34H36N8O4/c1-19-24-14-22(7-8-27(24)40(6)38-19)36-30-33(45)39(5)17-26(37-30)23-9-10-35-31(25(23)18-46-20(2)43)42-12-11-41-28(32(42)44)13-21-15-34(3,4)16-29(21)41/h7-10,13-14,17H,11-12,15-16,18H2,1-6H3,(H,36,37). The normalized spacial score (nSPS) is 15.3. The van der Waals surface area contributed by atoms with Gasteiger partial charge in [0.25, 0.3) is 11.5 Å². The Morgan fingerprint density at radius 1 is 1.09 bits per heavy atom. The van der Waals surface area contributed by atoms with Gasteiger partial charge >= 0.3 is 5.97 Å². The van der Waals surface area contributed by atoms with Crippen LogP contribution < -0.4 is 15.8 Å². The first-order valence-electron chi connectivity index (χ1n) is 15.3. The molecule has 4 aromatic heterocycles. The maximum absolute atomic E-state index is 14.0. The molecule has 5 aromatic rings. The van der Waals surface area contributed by atoms with Crippen molar-refractivity contribution in [2.45, 2.75) is 53.7 Å². The number of aromatic nitrogens is 6. The molecule has 1 aromatic carbocycles. The minimum Gasteiger partial charge on any atom is -0.461 e. The quantitative estimate of drug-likeness (QED) is 0.276. The number of pyridine rings is 1. The smallest absolute Gasteiger partial charge is 0.302 e. The molecule has 0 atom stereocenters. The van der Waals surface area contributed by atoms with Gasteiger partial charge in [0.2, 0.25) is 0 Å². The van der Waals surface area contributed by atoms with Crippen LogP contribution in [0.3, 0.4) is 0 Å². The number of carbonyl (C=O) groups excluding carboxylic acids is 2. The number of carbonyl (C=O) groups is 2. The number of nitrogens with one attached hydrogen (secondary N) is 1. The minimum absolute atomic E-state index is 0.118. The van der Waals surface area contributed by atoms with Crippen LogP contribution in [0.2, 0.25) is 0 Å². The minimum atomic E-state index is -0.462. The van der Waals surface area contributed by atoms with Crippen molar-refractivity contribution in [2.24, 2.45) is 19.5 Å². The van der Waals surface area contributed by atoms with Gasteiger partial charge in [-0.1, -0.05) is 13.8 Å². The van der Waals surface area contributed by atoms with Crippen molar-refractivity contribution in [1.82, 2.24) is 28.9 Å². The van der Waals surface area contributed by atoms with E-state index in [9.17, 15) is 14.4 Å². The zero-order valence-electron chi connectivity index (χ0n) is 26.8. The van der Waals surface area contributed by atoms with Crippen molar-refractivity contribution in [2.75, 3.05) is 16.8 Å². The Labute approximate surface area is 265 Å². The summed E-state index contributed by atoms with van der Waals surface area (Å²) in [5.74, 6) is -0.0825. The summed E-state index contributed by atoms with van der Waals surface area (Å²) in [6.07, 6.45) is 5.12. The number of fused-ring (bicyclic) bond motifs is 4. The Morgan fingerprint density at radius 3 is 2.67 bits per heavy atom. The second kappa shape index (κ2) is 10.7. The van der Waals surface area contributed by atoms with E-state index >= 15 is 0 Å². The molecular formula is C34H36N8O4. The van der Waals surface area contributed by atoms with E-state index in [0.717, 1.165) is 29.4 Å². The largest absolute Gasteiger partial charge is 0.461 e. The van der Waals surface area contributed by atoms with Crippen molar-refractivity contribution in [3.05, 3.63) is 81.3 Å². The first-order valence-corrected chi connectivity index (χ1v) is 15.3. The van der Waals surface area contributed by atoms with Gasteiger partial charge in [-0.15, -0.1) is 0 Å². The van der Waals surface area contributed by atoms with Crippen molar-refractivity contribution in [3.63, 3.8) is 0 Å². The van der Waals surface area contributed by atoms with Crippen LogP contribution in [0, 0.1) is 12.3 Å². The monoisotopic (exact) mass is 620 g/mol. The van der Waals surface area contributed by atoms with Crippen LogP contribution in [0.4, 0.5) is 17.3 Å². The number of amides is 1. The average molecular weight is 621 g/mol. The molecule has 0 spiro atoms. The van der Waals surface area contributed by atoms with Gasteiger partial charge in [-0.05, 0) is 61.1 Å². The van der Waals surface area contributed by atoms with Crippen LogP contribution >= 0.6 is 0 Å². The summed E-state index contributed by atoms with van der Waals surface area (Å²) in [5.41, 5.74) is 7.11. The Balaban J connectivity index is 1.28. The summed E-state index contributed by atoms with van der Waals surface area (Å²) in [6, 6.07) is 9.54. The lowest BCUT2D eigenvalue weighted by Crippen LogP contribution is -2.41. The molecule has 0 unspecified atom stereocenters. The summed E-state index contributed by atoms with van der Waals surface area (Å²) in [5, 5.41) is 8.64. The zero-order chi connectivity index (χ0) is 32.5. The van der Waals surface area contributed by atoms with Crippen molar-refractivity contribution in [1.29, 1.82) is 0 Å². The topological polar surface area (TPSA) is 129 Å². The number of rotatable bonds is 6. The van der Waals surface area contributed by atoms with E-state index in [0.29, 0.717) is 47.1 Å². The molecule has 46 heavy (non-hydrogen) atoms. The van der Waals surface area contributed by atoms with Crippen LogP contribution in [0.15, 0.2) is 47.5 Å². The van der Waals surface area contributed by atoms with E-state index in [4.69, 9.17) is 9.72 Å². The van der Waals surface area contributed by atoms with Gasteiger partial charge in [0.15, 0.2) is 5.82 Å². The molecule has 236 valence electrons. The number of benzene rings is 1. The van der Waals surface area contributed by atoms with Gasteiger partial charge in [0.1, 0.15) is 18.1 Å². The second-order valence-corrected chi connectivity index (χ2v) is 13.0. The van der Waals surface area contributed by atoms with Gasteiger partial charge in [0, 0.05) is 74.4 Å². The van der Waals surface area contributed by atoms with Crippen LogP contribution in [0.1, 0.15) is 53.8 Å². The summed E-state index contributed by atoms with van der Waals surface area (Å²) in [4.78, 5) is 50.2. The van der Waals surface area contributed by atoms with Crippen LogP contribution in [-0.2, 0) is 49.6 Å². The van der Waals surface area contributed by atoms with E-state index in [1.54, 1.807) is 30.4 Å². The number of aryl methyl sites for hydroxylation is 3. The predicted molar refractivity (Wildman–Crippen MR) is 174 cm³/mol. The summed E-state index contributed by atoms with van der Waals surface area (Å²) < 4.78 is 10.9. The maximum atomic E-state index is 14.0. The van der Waals surface area contributed by atoms with Crippen molar-refractivity contribution in [3.8, 4) is 11.3 Å². The van der Waals surface area contributed by atoms with Crippen LogP contribution in [0.5, 0.6) is 0 Å². The molecule has 1 N–H and O–H groups in total. The molecule has 0 saturated heterocycles. The van der Waals surface area contributed by atoms with Crippen molar-refractivity contribution >= 4 is 40.1 Å². The Morgan fingerprint density at radius 2 is 1.89 bits per heavy atom. The highest BCUT2D eigenvalue weighted by atomic mass is 16.5. The molecule has 1 aliphatic heterocycles. The molecule has 0 bridgehead atoms. The Hall–Kier alpha value is -5.26. The first kappa shape index (κ1) is 29.5. The highest BCUT2D eigenvalue weighted by molar-refractivity contribution is 6.06. The molecule has 1 aliphatic carbocycles. The van der Waals surface area contributed by atoms with Crippen molar-refractivity contribution < 1.29 is 14.3 Å². The maximum Gasteiger partial charge on any atom is 0.302 e. The van der Waals surface area contributed by atoms with E-state index < -0.39 is 5.97 Å². The third-order valence-electron chi connectivity index (χ3n) is 8.98. The molecule has 2 aliphatic rings. The van der Waals surface area contributed by atoms with Gasteiger partial charge < -0.3 is 19.2 Å². The van der Waals surface area contributed by atoms with E-state index in [-0.39, 0.29) is 29.3 Å². The summed E-state index contributed by atoms with van der Waals surface area (Å²) in [6.45, 7) is 8.72. The number of nitrogens with zero attached hydrogens (tertiary/aromatic N) is 7. The van der Waals surface area contributed by atoms with Gasteiger partial charge in [0.05, 0.1) is 16.9 Å². The third-order valence-corrected chi connectivity index (χ3v) is 8.98. The SMILES string of the molecule is CC(=O)OCc1c(-c2cn(C)c(=O)c(Nc3ccc4c(c3)c(C)nn4C)n2)ccnc1N1CCn2c(cc3c2CC(C)(C)C3)C1=O. The van der Waals surface area contributed by atoms with E-state index in [1.165, 1.54) is 22.7 Å². The summed E-state index contributed by atoms with van der Waals surface area (Å²) in [7, 11) is 3.55. The molecular weight excluding hydrogens is 584 g/mol. The molecule has 12 nitrogen and oxygen atoms in total. The van der Waals surface area contributed by atoms with Gasteiger partial charge in [-0.2, -0.15) is 5.10 Å². The number of hydrogen-bond donors (Lipinski definition) is 1. The lowest BCUT2D eigenvalue weighted by atomic mass is 9.90. The molecule has 7 rings (SSSR count). The van der Waals surface area contributed by atoms with E-state index in [1.807, 2.05) is 42.9 Å². The Kier molecular flexibility index (Phi) is 6.84. The second-order valence-electron chi connectivity index (χ2n) is 13.0. The fourth-order valence-corrected chi connectivity index (χ4v) is 6.86. The number of esters is 1. The third kappa shape index (κ3) is 4.93. The number of anilines is 3. The fourth-order valence-electron chi connectivity index (χ4n) is 6.86. The first-order chi connectivity index (χ1) is 21.9. The number of ether oxygens (including phenoxy) is 1. The van der Waals surface area contributed by atoms with Gasteiger partial charge in [-0.3, -0.25) is 24.0 Å². The van der Waals surface area contributed by atoms with Crippen LogP contribution in [0.25, 0.3) is 22.2 Å².